The molecule has 9 nitrogen and oxygen atoms in total. The van der Waals surface area contributed by atoms with E-state index in [4.69, 9.17) is 4.42 Å². The minimum atomic E-state index is -0.853. The fourth-order valence-electron chi connectivity index (χ4n) is 5.31. The van der Waals surface area contributed by atoms with E-state index in [0.717, 1.165) is 6.42 Å². The topological polar surface area (TPSA) is 123 Å². The van der Waals surface area contributed by atoms with Gasteiger partial charge in [-0.2, -0.15) is 0 Å². The molecular weight excluding hydrogens is 414 g/mol. The molecule has 9 heteroatoms. The Bertz CT molecular complexity index is 1120. The summed E-state index contributed by atoms with van der Waals surface area (Å²) in [5.74, 6) is -1.16. The van der Waals surface area contributed by atoms with Crippen LogP contribution in [0.25, 0.3) is 0 Å². The molecule has 1 N–H and O–H groups in total. The number of non-ortho nitro benzene ring substituents is 1. The second-order valence-corrected chi connectivity index (χ2v) is 8.59. The lowest BCUT2D eigenvalue weighted by atomic mass is 9.85. The quantitative estimate of drug-likeness (QED) is 0.321. The number of nitrogens with one attached hydrogen (secondary N) is 1. The Morgan fingerprint density at radius 3 is 2.47 bits per heavy atom. The molecule has 3 aliphatic rings. The van der Waals surface area contributed by atoms with E-state index in [1.54, 1.807) is 19.1 Å². The highest BCUT2D eigenvalue weighted by atomic mass is 16.6. The number of nitro benzene ring substituents is 1. The number of likely N-dealkylation sites (tertiary alicyclic amines) is 1. The number of carbonyl (C=O) groups excluding carboxylic acids is 3. The Balaban J connectivity index is 1.38. The van der Waals surface area contributed by atoms with E-state index in [1.165, 1.54) is 29.4 Å². The SMILES string of the molecule is Cc1cc([N+](=O)[O-])ccc1NC(=O)CC(c1ccco1)N1C(=O)C2C3C=CC(C3)C2C1=O. The molecule has 5 unspecified atom stereocenters. The Hall–Kier alpha value is -3.75. The van der Waals surface area contributed by atoms with Crippen LogP contribution in [0, 0.1) is 40.7 Å². The van der Waals surface area contributed by atoms with Crippen LogP contribution in [-0.2, 0) is 14.4 Å². The van der Waals surface area contributed by atoms with E-state index in [-0.39, 0.29) is 47.6 Å². The summed E-state index contributed by atoms with van der Waals surface area (Å²) < 4.78 is 5.50. The van der Waals surface area contributed by atoms with Gasteiger partial charge in [-0.1, -0.05) is 12.2 Å². The van der Waals surface area contributed by atoms with Crippen LogP contribution in [-0.4, -0.2) is 27.5 Å². The first-order valence-corrected chi connectivity index (χ1v) is 10.5. The van der Waals surface area contributed by atoms with E-state index in [2.05, 4.69) is 5.32 Å². The van der Waals surface area contributed by atoms with Crippen LogP contribution in [0.2, 0.25) is 0 Å². The predicted octanol–water partition coefficient (Wildman–Crippen LogP) is 3.37. The molecule has 2 heterocycles. The highest BCUT2D eigenvalue weighted by molar-refractivity contribution is 6.07. The molecule has 1 saturated heterocycles. The van der Waals surface area contributed by atoms with Gasteiger partial charge in [-0.05, 0) is 48.9 Å². The standard InChI is InChI=1S/C23H21N3O6/c1-12-9-15(26(30)31)6-7-16(12)24-19(27)11-17(18-3-2-8-32-18)25-22(28)20-13-4-5-14(10-13)21(20)23(25)29/h2-9,13-14,17,20-21H,10-11H2,1H3,(H,24,27). The molecule has 164 valence electrons. The number of aryl methyl sites for hydroxylation is 1. The monoisotopic (exact) mass is 435 g/mol. The highest BCUT2D eigenvalue weighted by Gasteiger charge is 2.60. The molecule has 1 saturated carbocycles. The van der Waals surface area contributed by atoms with Crippen molar-refractivity contribution in [3.63, 3.8) is 0 Å². The Morgan fingerprint density at radius 1 is 1.22 bits per heavy atom. The fraction of sp³-hybridized carbons (Fsp3) is 0.348. The van der Waals surface area contributed by atoms with Crippen LogP contribution >= 0.6 is 0 Å². The van der Waals surface area contributed by atoms with E-state index in [9.17, 15) is 24.5 Å². The van der Waals surface area contributed by atoms with Gasteiger partial charge in [0.1, 0.15) is 11.8 Å². The summed E-state index contributed by atoms with van der Waals surface area (Å²) in [6.45, 7) is 1.66. The first-order valence-electron chi connectivity index (χ1n) is 10.5. The van der Waals surface area contributed by atoms with Crippen LogP contribution in [0.15, 0.2) is 53.2 Å². The number of furan rings is 1. The summed E-state index contributed by atoms with van der Waals surface area (Å²) >= 11 is 0. The lowest BCUT2D eigenvalue weighted by Gasteiger charge is -2.26. The van der Waals surface area contributed by atoms with Crippen molar-refractivity contribution in [1.29, 1.82) is 0 Å². The van der Waals surface area contributed by atoms with Gasteiger partial charge < -0.3 is 9.73 Å². The summed E-state index contributed by atoms with van der Waals surface area (Å²) in [5, 5.41) is 13.7. The second kappa shape index (κ2) is 7.44. The molecule has 2 fully saturated rings. The first-order chi connectivity index (χ1) is 15.3. The van der Waals surface area contributed by atoms with Crippen LogP contribution in [0.1, 0.15) is 30.2 Å². The number of carbonyl (C=O) groups is 3. The number of rotatable bonds is 6. The van der Waals surface area contributed by atoms with Crippen molar-refractivity contribution in [3.05, 3.63) is 70.2 Å². The Kier molecular flexibility index (Phi) is 4.69. The van der Waals surface area contributed by atoms with Gasteiger partial charge in [0, 0.05) is 17.8 Å². The molecule has 5 atom stereocenters. The minimum absolute atomic E-state index is 0.0697. The number of anilines is 1. The van der Waals surface area contributed by atoms with Gasteiger partial charge in [0.15, 0.2) is 0 Å². The minimum Gasteiger partial charge on any atom is -0.467 e. The average Bonchev–Trinajstić information content (AvgIpc) is 3.53. The lowest BCUT2D eigenvalue weighted by Crippen LogP contribution is -2.38. The summed E-state index contributed by atoms with van der Waals surface area (Å²) in [6, 6.07) is 6.59. The maximum absolute atomic E-state index is 13.3. The van der Waals surface area contributed by atoms with Crippen molar-refractivity contribution in [2.75, 3.05) is 5.32 Å². The van der Waals surface area contributed by atoms with Crippen molar-refractivity contribution in [1.82, 2.24) is 4.90 Å². The van der Waals surface area contributed by atoms with Crippen LogP contribution in [0.4, 0.5) is 11.4 Å². The number of fused-ring (bicyclic) bond motifs is 5. The second-order valence-electron chi connectivity index (χ2n) is 8.59. The van der Waals surface area contributed by atoms with Gasteiger partial charge in [-0.15, -0.1) is 0 Å². The normalized spacial score (nSPS) is 26.5. The van der Waals surface area contributed by atoms with Gasteiger partial charge in [-0.25, -0.2) is 0 Å². The molecule has 1 aromatic carbocycles. The molecule has 2 bridgehead atoms. The number of imide groups is 1. The third kappa shape index (κ3) is 3.12. The first kappa shape index (κ1) is 20.2. The van der Waals surface area contributed by atoms with E-state index >= 15 is 0 Å². The maximum atomic E-state index is 13.3. The smallest absolute Gasteiger partial charge is 0.269 e. The van der Waals surface area contributed by atoms with E-state index in [0.29, 0.717) is 17.0 Å². The zero-order valence-corrected chi connectivity index (χ0v) is 17.3. The number of hydrogen-bond acceptors (Lipinski definition) is 6. The molecule has 2 aliphatic carbocycles. The predicted molar refractivity (Wildman–Crippen MR) is 112 cm³/mol. The third-order valence-corrected chi connectivity index (χ3v) is 6.76. The highest BCUT2D eigenvalue weighted by Crippen LogP contribution is 2.54. The van der Waals surface area contributed by atoms with Gasteiger partial charge in [0.25, 0.3) is 5.69 Å². The van der Waals surface area contributed by atoms with Gasteiger partial charge in [0.05, 0.1) is 29.4 Å². The Morgan fingerprint density at radius 2 is 1.91 bits per heavy atom. The van der Waals surface area contributed by atoms with Gasteiger partial charge in [0.2, 0.25) is 17.7 Å². The van der Waals surface area contributed by atoms with Crippen LogP contribution in [0.5, 0.6) is 0 Å². The van der Waals surface area contributed by atoms with Crippen molar-refractivity contribution in [3.8, 4) is 0 Å². The number of hydrogen-bond donors (Lipinski definition) is 1. The van der Waals surface area contributed by atoms with Gasteiger partial charge in [-0.3, -0.25) is 29.4 Å². The molecular formula is C23H21N3O6. The number of amides is 3. The van der Waals surface area contributed by atoms with E-state index in [1.807, 2.05) is 12.2 Å². The molecule has 1 aliphatic heterocycles. The Labute approximate surface area is 183 Å². The number of nitrogens with zero attached hydrogens (tertiary/aromatic N) is 2. The molecule has 3 amide bonds. The van der Waals surface area contributed by atoms with Crippen molar-refractivity contribution in [2.24, 2.45) is 23.7 Å². The lowest BCUT2D eigenvalue weighted by molar-refractivity contribution is -0.384. The van der Waals surface area contributed by atoms with Crippen molar-refractivity contribution >= 4 is 29.1 Å². The zero-order valence-electron chi connectivity index (χ0n) is 17.3. The summed E-state index contributed by atoms with van der Waals surface area (Å²) in [6.07, 6.45) is 6.13. The zero-order chi connectivity index (χ0) is 22.6. The number of nitro groups is 1. The molecule has 0 spiro atoms. The molecule has 1 aromatic heterocycles. The summed E-state index contributed by atoms with van der Waals surface area (Å²) in [7, 11) is 0. The van der Waals surface area contributed by atoms with Gasteiger partial charge >= 0.3 is 0 Å². The maximum Gasteiger partial charge on any atom is 0.269 e. The number of benzene rings is 1. The van der Waals surface area contributed by atoms with Crippen LogP contribution < -0.4 is 5.32 Å². The molecule has 5 rings (SSSR count). The van der Waals surface area contributed by atoms with Crippen LogP contribution in [0.3, 0.4) is 0 Å². The largest absolute Gasteiger partial charge is 0.467 e. The average molecular weight is 435 g/mol. The third-order valence-electron chi connectivity index (χ3n) is 6.76. The molecule has 2 aromatic rings. The molecule has 0 radical (unpaired) electrons. The number of allylic oxidation sites excluding steroid dienone is 2. The fourth-order valence-corrected chi connectivity index (χ4v) is 5.31. The summed E-state index contributed by atoms with van der Waals surface area (Å²) in [4.78, 5) is 51.0. The van der Waals surface area contributed by atoms with Crippen molar-refractivity contribution in [2.45, 2.75) is 25.8 Å². The van der Waals surface area contributed by atoms with Crippen molar-refractivity contribution < 1.29 is 23.7 Å². The molecule has 32 heavy (non-hydrogen) atoms. The summed E-state index contributed by atoms with van der Waals surface area (Å²) in [5.41, 5.74) is 0.890. The van der Waals surface area contributed by atoms with E-state index < -0.39 is 16.9 Å².